The average Bonchev–Trinajstić information content (AvgIpc) is 1.71. The average molecular weight is 1740 g/mol. The molecule has 0 saturated carbocycles. The van der Waals surface area contributed by atoms with Crippen molar-refractivity contribution < 1.29 is 90.8 Å². The first kappa shape index (κ1) is 91.3. The first-order chi connectivity index (χ1) is 60.5. The number of aromatic amines is 2. The molecule has 6 aromatic carbocycles. The van der Waals surface area contributed by atoms with E-state index in [0.29, 0.717) is 38.3 Å². The van der Waals surface area contributed by atoms with Crippen LogP contribution in [0.2, 0.25) is 0 Å². The number of likely N-dealkylation sites (tertiary alicyclic amines) is 4. The molecule has 4 saturated heterocycles. The number of alkyl carbamates (subject to hydrolysis) is 2. The van der Waals surface area contributed by atoms with Gasteiger partial charge in [-0.25, -0.2) is 29.1 Å². The van der Waals surface area contributed by atoms with Gasteiger partial charge in [-0.05, 0) is 256 Å². The van der Waals surface area contributed by atoms with E-state index in [1.54, 1.807) is 31.9 Å². The maximum Gasteiger partial charge on any atom is 0.411 e. The maximum atomic E-state index is 14.1. The van der Waals surface area contributed by atoms with E-state index >= 15 is 0 Å². The van der Waals surface area contributed by atoms with Crippen LogP contribution in [0.1, 0.15) is 194 Å². The number of ether oxygens (including phenoxy) is 10. The molecule has 6 amide bonds. The fourth-order valence-corrected chi connectivity index (χ4v) is 18.8. The van der Waals surface area contributed by atoms with Crippen LogP contribution in [-0.2, 0) is 83.1 Å². The Morgan fingerprint density at radius 3 is 1.26 bits per heavy atom. The van der Waals surface area contributed by atoms with Crippen molar-refractivity contribution in [3.8, 4) is 56.3 Å². The minimum atomic E-state index is -1.06. The van der Waals surface area contributed by atoms with Crippen molar-refractivity contribution in [2.45, 2.75) is 264 Å². The first-order valence-corrected chi connectivity index (χ1v) is 43.7. The van der Waals surface area contributed by atoms with E-state index in [4.69, 9.17) is 67.7 Å². The molecule has 16 rings (SSSR count). The molecule has 2 aromatic heterocycles. The normalized spacial score (nSPS) is 21.5. The summed E-state index contributed by atoms with van der Waals surface area (Å²) in [6.07, 6.45) is 7.79. The Bertz CT molecular complexity index is 5610. The first-order valence-electron chi connectivity index (χ1n) is 43.7. The molecule has 31 nitrogen and oxygen atoms in total. The van der Waals surface area contributed by atoms with E-state index in [1.807, 2.05) is 82.4 Å². The number of amides is 6. The molecule has 0 aliphatic carbocycles. The van der Waals surface area contributed by atoms with Crippen molar-refractivity contribution >= 4 is 92.5 Å². The molecule has 31 heteroatoms. The predicted octanol–water partition coefficient (Wildman–Crippen LogP) is 16.3. The number of H-pyrrole nitrogens is 2. The standard InChI is InChI=1S/C46H55N7O9.C42H49N5O5.C8H14O5/c1-23-9-15-37(52(23)43(54)40(25(3)58-5)50-45(56)60-7)35-19-32-31-20-39-33(18-27(31)12-14-34(32)48-35)30-13-11-28(17-29(30)22-62-39)36-21-47-42(49-36)38-16-10-24(2)53(38)44(55)41(26(4)59-6)51-46(57)61-8;1-23-9-15-35(46(23)39(48)51-41(3,4)5)33-19-30-29-20-37-31(18-25(29)12-14-32(30)44-33)28-13-11-26(17-27(28)22-50-37)34-21-43-38(45-34)36-16-10-24(2)47(36)40(49)52-42(6,7)8;1-5(12-2)6(8(10)11)4-7(9)13-3/h11-14,17-18,20-21,23-26,37-38,40-41H,9-10,15-16,19,22H2,1-8H3,(H,47,49)(H,50,56)(H,51,57);11-14,17-18,20-21,23-24,35-36H,9-10,15-16,19,22H2,1-8H3,(H,43,45);5-6H,4H2,1-3H3,(H,10,11)/t23-,24-,25+,26+,37-,38-,40-,41-;23-,24-,35-,36-;5-,6+/m001/s1. The number of hydrogen-bond donors (Lipinski definition) is 5. The van der Waals surface area contributed by atoms with E-state index in [-0.39, 0.29) is 78.8 Å². The van der Waals surface area contributed by atoms with Crippen LogP contribution in [0.15, 0.2) is 107 Å². The lowest BCUT2D eigenvalue weighted by Crippen LogP contribution is -2.57. The molecule has 0 spiro atoms. The van der Waals surface area contributed by atoms with Crippen molar-refractivity contribution in [1.82, 2.24) is 50.2 Å². The highest BCUT2D eigenvalue weighted by Gasteiger charge is 2.47. The molecule has 8 aromatic rings. The second-order valence-corrected chi connectivity index (χ2v) is 36.3. The number of nitrogens with zero attached hydrogens (tertiary/aromatic N) is 8. The van der Waals surface area contributed by atoms with Crippen LogP contribution < -0.4 is 20.1 Å². The smallest absolute Gasteiger partial charge is 0.411 e. The highest BCUT2D eigenvalue weighted by molar-refractivity contribution is 6.08. The number of aliphatic carboxylic acids is 1. The van der Waals surface area contributed by atoms with E-state index < -0.39 is 71.6 Å². The molecular weight excluding hydrogens is 1630 g/mol. The largest absolute Gasteiger partial charge is 0.488 e. The van der Waals surface area contributed by atoms with Crippen LogP contribution in [0.3, 0.4) is 0 Å². The quantitative estimate of drug-likeness (QED) is 0.0371. The van der Waals surface area contributed by atoms with Gasteiger partial charge in [0.25, 0.3) is 0 Å². The van der Waals surface area contributed by atoms with Crippen molar-refractivity contribution in [2.75, 3.05) is 42.7 Å². The van der Waals surface area contributed by atoms with Gasteiger partial charge in [-0.2, -0.15) is 0 Å². The molecule has 4 fully saturated rings. The van der Waals surface area contributed by atoms with Gasteiger partial charge in [0.15, 0.2) is 0 Å². The zero-order valence-electron chi connectivity index (χ0n) is 75.9. The topological polar surface area (TPSA) is 368 Å². The molecule has 0 bridgehead atoms. The number of esters is 1. The Morgan fingerprint density at radius 2 is 0.866 bits per heavy atom. The molecule has 10 heterocycles. The van der Waals surface area contributed by atoms with Gasteiger partial charge in [0, 0.05) is 80.9 Å². The van der Waals surface area contributed by atoms with Crippen molar-refractivity contribution in [1.29, 1.82) is 0 Å². The molecular formula is C96H118N12O19. The Hall–Kier alpha value is -12.0. The third-order valence-electron chi connectivity index (χ3n) is 25.8. The number of carboxylic acid groups (broad SMARTS) is 1. The lowest BCUT2D eigenvalue weighted by molar-refractivity contribution is -0.154. The van der Waals surface area contributed by atoms with E-state index in [0.717, 1.165) is 168 Å². The molecule has 0 radical (unpaired) electrons. The number of benzene rings is 6. The van der Waals surface area contributed by atoms with Crippen LogP contribution >= 0.6 is 0 Å². The number of fused-ring (bicyclic) bond motifs is 12. The fraction of sp³-hybridized carbons (Fsp3) is 0.500. The molecule has 5 N–H and O–H groups in total. The van der Waals surface area contributed by atoms with E-state index in [2.05, 4.69) is 118 Å². The summed E-state index contributed by atoms with van der Waals surface area (Å²) in [6, 6.07) is 27.3. The van der Waals surface area contributed by atoms with Gasteiger partial charge < -0.3 is 82.9 Å². The lowest BCUT2D eigenvalue weighted by Gasteiger charge is -2.34. The third kappa shape index (κ3) is 19.1. The highest BCUT2D eigenvalue weighted by atomic mass is 16.6. The Labute approximate surface area is 739 Å². The van der Waals surface area contributed by atoms with Crippen molar-refractivity contribution in [3.63, 3.8) is 0 Å². The van der Waals surface area contributed by atoms with Crippen molar-refractivity contribution in [3.05, 3.63) is 131 Å². The van der Waals surface area contributed by atoms with Gasteiger partial charge in [0.1, 0.15) is 59.6 Å². The SMILES string of the molecule is COC(=O)C[C@H](C(=O)O)[C@@H](C)OC.COC(=O)N[C@H](C(=O)N1[C@@H](C)CC[C@H]1C1=Nc2ccc3cc4c(cc3c2C1)OCc1cc(-c2cnc([C@@H]3CC[C@H](C)N3C(=O)[C@@H](NC(=O)OC)[C@@H](C)OC)[nH]2)ccc1-4)[C@@H](C)OC.C[C@H]1CC[C@@H](C2=Nc3ccc4cc5c(cc4c3C2)OCc2cc(-c3cnc([C@@H]4CC[C@H](C)N4C(=O)OC(C)(C)C)[nH]3)ccc2-5)N1C(=O)OC(C)(C)C. The second kappa shape index (κ2) is 37.5. The zero-order chi connectivity index (χ0) is 91.1. The molecule has 8 aliphatic rings. The monoisotopic (exact) mass is 1740 g/mol. The number of imidazole rings is 2. The number of aliphatic imine (C=N–C) groups is 2. The minimum Gasteiger partial charge on any atom is -0.488 e. The van der Waals surface area contributed by atoms with E-state index in [9.17, 15) is 38.4 Å². The van der Waals surface area contributed by atoms with Gasteiger partial charge >= 0.3 is 36.3 Å². The van der Waals surface area contributed by atoms with Gasteiger partial charge in [-0.1, -0.05) is 36.4 Å². The minimum absolute atomic E-state index is 0.0448. The van der Waals surface area contributed by atoms with Crippen molar-refractivity contribution in [2.24, 2.45) is 15.9 Å². The highest BCUT2D eigenvalue weighted by Crippen LogP contribution is 2.49. The van der Waals surface area contributed by atoms with Crippen LogP contribution in [0.5, 0.6) is 11.5 Å². The van der Waals surface area contributed by atoms with Crippen LogP contribution in [0, 0.1) is 5.92 Å². The molecule has 0 unspecified atom stereocenters. The number of hydrogen-bond acceptors (Lipinski definition) is 22. The summed E-state index contributed by atoms with van der Waals surface area (Å²) in [5, 5.41) is 18.5. The number of carbonyl (C=O) groups excluding carboxylic acids is 7. The summed E-state index contributed by atoms with van der Waals surface area (Å²) in [5.74, 6) is 0.174. The van der Waals surface area contributed by atoms with Gasteiger partial charge in [-0.15, -0.1) is 0 Å². The Morgan fingerprint density at radius 1 is 0.480 bits per heavy atom. The Kier molecular flexibility index (Phi) is 27.0. The van der Waals surface area contributed by atoms with Crippen LogP contribution in [0.4, 0.5) is 30.6 Å². The van der Waals surface area contributed by atoms with Gasteiger partial charge in [0.2, 0.25) is 11.8 Å². The number of carbonyl (C=O) groups is 8. The number of carboxylic acids is 1. The van der Waals surface area contributed by atoms with Crippen LogP contribution in [0.25, 0.3) is 66.3 Å². The molecule has 127 heavy (non-hydrogen) atoms. The second-order valence-electron chi connectivity index (χ2n) is 36.3. The molecule has 8 aliphatic heterocycles. The summed E-state index contributed by atoms with van der Waals surface area (Å²) in [6.45, 7) is 25.5. The molecule has 676 valence electrons. The third-order valence-corrected chi connectivity index (χ3v) is 25.8. The van der Waals surface area contributed by atoms with Crippen LogP contribution in [-0.4, -0.2) is 225 Å². The predicted molar refractivity (Wildman–Crippen MR) is 478 cm³/mol. The number of methoxy groups -OCH3 is 6. The summed E-state index contributed by atoms with van der Waals surface area (Å²) in [4.78, 5) is 134. The van der Waals surface area contributed by atoms with Gasteiger partial charge in [0.05, 0.1) is 111 Å². The summed E-state index contributed by atoms with van der Waals surface area (Å²) in [7, 11) is 8.17. The fourth-order valence-electron chi connectivity index (χ4n) is 18.8. The number of nitrogens with one attached hydrogen (secondary N) is 4. The lowest BCUT2D eigenvalue weighted by atomic mass is 9.91. The van der Waals surface area contributed by atoms with E-state index in [1.165, 1.54) is 48.2 Å². The van der Waals surface area contributed by atoms with Gasteiger partial charge in [-0.3, -0.25) is 39.0 Å². The summed E-state index contributed by atoms with van der Waals surface area (Å²) in [5.41, 5.74) is 15.1. The zero-order valence-corrected chi connectivity index (χ0v) is 75.9. The number of aromatic nitrogens is 4. The summed E-state index contributed by atoms with van der Waals surface area (Å²) < 4.78 is 54.2. The molecule has 14 atom stereocenters. The maximum absolute atomic E-state index is 14.1. The number of rotatable bonds is 19. The Balaban J connectivity index is 0.000000182. The summed E-state index contributed by atoms with van der Waals surface area (Å²) >= 11 is 0.